The number of nitrogens with two attached hydrogens (primary N) is 1. The van der Waals surface area contributed by atoms with E-state index in [-0.39, 0.29) is 5.56 Å². The highest BCUT2D eigenvalue weighted by atomic mass is 79.9. The van der Waals surface area contributed by atoms with Crippen molar-refractivity contribution in [1.82, 2.24) is 0 Å². The molecule has 0 bridgehead atoms. The van der Waals surface area contributed by atoms with Gasteiger partial charge in [-0.2, -0.15) is 0 Å². The zero-order valence-electron chi connectivity index (χ0n) is 9.29. The third-order valence-electron chi connectivity index (χ3n) is 2.44. The highest BCUT2D eigenvalue weighted by molar-refractivity contribution is 9.10. The van der Waals surface area contributed by atoms with Gasteiger partial charge in [-0.05, 0) is 45.6 Å². The minimum absolute atomic E-state index is 0.0670. The fourth-order valence-corrected chi connectivity index (χ4v) is 2.98. The van der Waals surface area contributed by atoms with Crippen molar-refractivity contribution in [2.75, 3.05) is 11.1 Å². The Morgan fingerprint density at radius 2 is 2.11 bits per heavy atom. The maximum absolute atomic E-state index is 12.9. The highest BCUT2D eigenvalue weighted by Crippen LogP contribution is 2.30. The Morgan fingerprint density at radius 3 is 2.72 bits per heavy atom. The average Bonchev–Trinajstić information content (AvgIpc) is 2.73. The number of hydrogen-bond donors (Lipinski definition) is 2. The number of benzene rings is 1. The quantitative estimate of drug-likeness (QED) is 0.800. The van der Waals surface area contributed by atoms with Crippen LogP contribution in [0.1, 0.15) is 16.9 Å². The molecule has 0 amide bonds. The summed E-state index contributed by atoms with van der Waals surface area (Å²) < 4.78 is 26.7. The lowest BCUT2D eigenvalue weighted by atomic mass is 10.1. The third kappa shape index (κ3) is 3.00. The fraction of sp³-hybridized carbons (Fsp3) is 0.167. The molecule has 2 nitrogen and oxygen atoms in total. The summed E-state index contributed by atoms with van der Waals surface area (Å²) in [6, 6.07) is 6.42. The molecule has 0 saturated carbocycles. The molecule has 1 aromatic heterocycles. The van der Waals surface area contributed by atoms with Crippen LogP contribution in [0.5, 0.6) is 0 Å². The van der Waals surface area contributed by atoms with Crippen LogP contribution in [0.4, 0.5) is 20.2 Å². The number of alkyl halides is 2. The highest BCUT2D eigenvalue weighted by Gasteiger charge is 2.13. The Bertz CT molecular complexity index is 543. The minimum Gasteiger partial charge on any atom is -0.399 e. The van der Waals surface area contributed by atoms with Crippen LogP contribution >= 0.6 is 27.3 Å². The predicted octanol–water partition coefficient (Wildman–Crippen LogP) is 4.64. The monoisotopic (exact) mass is 332 g/mol. The second-order valence-electron chi connectivity index (χ2n) is 3.69. The van der Waals surface area contributed by atoms with Crippen molar-refractivity contribution in [3.63, 3.8) is 0 Å². The first-order valence-electron chi connectivity index (χ1n) is 5.21. The lowest BCUT2D eigenvalue weighted by Crippen LogP contribution is -2.02. The maximum Gasteiger partial charge on any atom is 0.265 e. The molecule has 2 rings (SSSR count). The molecule has 6 heteroatoms. The molecule has 0 fully saturated rings. The van der Waals surface area contributed by atoms with Gasteiger partial charge in [0.1, 0.15) is 0 Å². The smallest absolute Gasteiger partial charge is 0.265 e. The van der Waals surface area contributed by atoms with E-state index in [1.54, 1.807) is 23.5 Å². The van der Waals surface area contributed by atoms with Gasteiger partial charge in [0.25, 0.3) is 6.43 Å². The minimum atomic E-state index is -2.54. The van der Waals surface area contributed by atoms with Gasteiger partial charge in [0.2, 0.25) is 0 Å². The molecular formula is C12H11BrF2N2S. The van der Waals surface area contributed by atoms with Crippen molar-refractivity contribution < 1.29 is 8.78 Å². The summed E-state index contributed by atoms with van der Waals surface area (Å²) in [6.45, 7) is 0.502. The van der Waals surface area contributed by atoms with Gasteiger partial charge in [0.05, 0.1) is 6.54 Å². The summed E-state index contributed by atoms with van der Waals surface area (Å²) >= 11 is 4.97. The number of anilines is 2. The molecule has 1 aromatic carbocycles. The zero-order chi connectivity index (χ0) is 13.1. The average molecular weight is 333 g/mol. The molecule has 96 valence electrons. The summed E-state index contributed by atoms with van der Waals surface area (Å²) in [6.07, 6.45) is -2.54. The summed E-state index contributed by atoms with van der Waals surface area (Å²) in [5, 5.41) is 4.95. The van der Waals surface area contributed by atoms with Crippen LogP contribution in [0.2, 0.25) is 0 Å². The van der Waals surface area contributed by atoms with E-state index in [2.05, 4.69) is 21.2 Å². The summed E-state index contributed by atoms with van der Waals surface area (Å²) in [5.74, 6) is 0. The molecule has 0 aliphatic rings. The van der Waals surface area contributed by atoms with Gasteiger partial charge < -0.3 is 11.1 Å². The van der Waals surface area contributed by atoms with Gasteiger partial charge in [-0.1, -0.05) is 0 Å². The second kappa shape index (κ2) is 5.67. The molecule has 0 saturated heterocycles. The van der Waals surface area contributed by atoms with E-state index in [9.17, 15) is 8.78 Å². The number of thiophene rings is 1. The van der Waals surface area contributed by atoms with Crippen LogP contribution in [0.3, 0.4) is 0 Å². The molecule has 0 aliphatic heterocycles. The zero-order valence-corrected chi connectivity index (χ0v) is 11.7. The van der Waals surface area contributed by atoms with E-state index in [1.807, 2.05) is 11.4 Å². The van der Waals surface area contributed by atoms with Gasteiger partial charge in [0, 0.05) is 26.3 Å². The van der Waals surface area contributed by atoms with E-state index < -0.39 is 6.43 Å². The third-order valence-corrected chi connectivity index (χ3v) is 4.37. The number of nitrogen functional groups attached to an aromatic ring is 1. The molecule has 0 radical (unpaired) electrons. The molecule has 0 atom stereocenters. The van der Waals surface area contributed by atoms with E-state index in [1.165, 1.54) is 6.07 Å². The van der Waals surface area contributed by atoms with Crippen molar-refractivity contribution >= 4 is 38.6 Å². The van der Waals surface area contributed by atoms with E-state index >= 15 is 0 Å². The summed E-state index contributed by atoms with van der Waals surface area (Å²) in [7, 11) is 0. The Balaban J connectivity index is 2.16. The molecule has 18 heavy (non-hydrogen) atoms. The fourth-order valence-electron chi connectivity index (χ4n) is 1.55. The standard InChI is InChI=1S/C12H11BrF2N2S/c13-9-3-4-18-11(9)6-17-10-2-1-7(16)5-8(10)12(14)15/h1-5,12,17H,6,16H2. The Labute approximate surface area is 116 Å². The molecule has 1 heterocycles. The van der Waals surface area contributed by atoms with Crippen LogP contribution in [0, 0.1) is 0 Å². The van der Waals surface area contributed by atoms with Crippen LogP contribution in [0.25, 0.3) is 0 Å². The normalized spacial score (nSPS) is 10.9. The number of halogens is 3. The largest absolute Gasteiger partial charge is 0.399 e. The maximum atomic E-state index is 12.9. The van der Waals surface area contributed by atoms with Crippen molar-refractivity contribution in [2.45, 2.75) is 13.0 Å². The van der Waals surface area contributed by atoms with Crippen LogP contribution < -0.4 is 11.1 Å². The second-order valence-corrected chi connectivity index (χ2v) is 5.55. The molecule has 0 spiro atoms. The first-order valence-corrected chi connectivity index (χ1v) is 6.88. The SMILES string of the molecule is Nc1ccc(NCc2sccc2Br)c(C(F)F)c1. The van der Waals surface area contributed by atoms with Gasteiger partial charge in [0.15, 0.2) is 0 Å². The first-order chi connectivity index (χ1) is 8.58. The van der Waals surface area contributed by atoms with E-state index in [4.69, 9.17) is 5.73 Å². The lowest BCUT2D eigenvalue weighted by Gasteiger charge is -2.12. The van der Waals surface area contributed by atoms with Crippen LogP contribution in [-0.4, -0.2) is 0 Å². The Hall–Kier alpha value is -1.14. The van der Waals surface area contributed by atoms with Crippen LogP contribution in [0.15, 0.2) is 34.1 Å². The molecular weight excluding hydrogens is 322 g/mol. The van der Waals surface area contributed by atoms with Crippen molar-refractivity contribution in [2.24, 2.45) is 0 Å². The Kier molecular flexibility index (Phi) is 4.19. The summed E-state index contributed by atoms with van der Waals surface area (Å²) in [4.78, 5) is 1.06. The van der Waals surface area contributed by atoms with Crippen LogP contribution in [-0.2, 0) is 6.54 Å². The van der Waals surface area contributed by atoms with E-state index in [0.717, 1.165) is 9.35 Å². The van der Waals surface area contributed by atoms with Crippen molar-refractivity contribution in [3.05, 3.63) is 44.6 Å². The molecule has 0 unspecified atom stereocenters. The predicted molar refractivity (Wildman–Crippen MR) is 75.2 cm³/mol. The van der Waals surface area contributed by atoms with E-state index in [0.29, 0.717) is 17.9 Å². The van der Waals surface area contributed by atoms with Gasteiger partial charge in [-0.15, -0.1) is 11.3 Å². The van der Waals surface area contributed by atoms with Crippen molar-refractivity contribution in [1.29, 1.82) is 0 Å². The van der Waals surface area contributed by atoms with Gasteiger partial charge in [-0.25, -0.2) is 8.78 Å². The molecule has 0 aliphatic carbocycles. The number of rotatable bonds is 4. The molecule has 3 N–H and O–H groups in total. The van der Waals surface area contributed by atoms with Gasteiger partial charge >= 0.3 is 0 Å². The van der Waals surface area contributed by atoms with Gasteiger partial charge in [-0.3, -0.25) is 0 Å². The number of hydrogen-bond acceptors (Lipinski definition) is 3. The molecule has 2 aromatic rings. The first kappa shape index (κ1) is 13.3. The Morgan fingerprint density at radius 1 is 1.33 bits per heavy atom. The lowest BCUT2D eigenvalue weighted by molar-refractivity contribution is 0.152. The van der Waals surface area contributed by atoms with Crippen molar-refractivity contribution in [3.8, 4) is 0 Å². The number of nitrogens with one attached hydrogen (secondary N) is 1. The topological polar surface area (TPSA) is 38.0 Å². The summed E-state index contributed by atoms with van der Waals surface area (Å²) in [5.41, 5.74) is 6.20.